The van der Waals surface area contributed by atoms with Gasteiger partial charge in [-0.25, -0.2) is 4.79 Å². The molecule has 0 radical (unpaired) electrons. The number of allylic oxidation sites excluding steroid dienone is 4. The molecule has 1 heterocycles. The average Bonchev–Trinajstić information content (AvgIpc) is 3.20. The minimum Gasteiger partial charge on any atom is -0.456 e. The summed E-state index contributed by atoms with van der Waals surface area (Å²) in [6.07, 6.45) is 6.70. The number of ether oxygens (including phenoxy) is 1. The van der Waals surface area contributed by atoms with Crippen LogP contribution in [0.3, 0.4) is 0 Å². The Hall–Kier alpha value is -3.90. The van der Waals surface area contributed by atoms with Crippen LogP contribution in [0.2, 0.25) is 0 Å². The Morgan fingerprint density at radius 2 is 1.77 bits per heavy atom. The third kappa shape index (κ3) is 6.76. The SMILES string of the molecule is Cc1c(C)n(CC2=CC(C)C(c3ccccc3C(=O)OC(C)(C)C)C=C2)c2ccc(C(=O)N[C@@H](C)c3cccc(Br)c3)cc12. The molecule has 6 heteroatoms. The van der Waals surface area contributed by atoms with E-state index in [0.717, 1.165) is 33.0 Å². The Kier molecular flexibility index (Phi) is 9.03. The van der Waals surface area contributed by atoms with Gasteiger partial charge >= 0.3 is 5.97 Å². The van der Waals surface area contributed by atoms with Crippen LogP contribution >= 0.6 is 15.9 Å². The number of esters is 1. The van der Waals surface area contributed by atoms with Crippen LogP contribution in [0.25, 0.3) is 10.9 Å². The first-order chi connectivity index (χ1) is 20.8. The van der Waals surface area contributed by atoms with Crippen LogP contribution in [-0.2, 0) is 11.3 Å². The second-order valence-electron chi connectivity index (χ2n) is 12.9. The number of hydrogen-bond donors (Lipinski definition) is 1. The Balaban J connectivity index is 1.35. The van der Waals surface area contributed by atoms with Crippen molar-refractivity contribution in [2.75, 3.05) is 0 Å². The molecule has 228 valence electrons. The highest BCUT2D eigenvalue weighted by Crippen LogP contribution is 2.36. The first-order valence-electron chi connectivity index (χ1n) is 15.2. The molecule has 4 aromatic rings. The molecule has 1 aliphatic carbocycles. The number of halogens is 1. The van der Waals surface area contributed by atoms with Crippen molar-refractivity contribution in [2.45, 2.75) is 72.6 Å². The fraction of sp³-hybridized carbons (Fsp3) is 0.316. The Morgan fingerprint density at radius 3 is 2.48 bits per heavy atom. The van der Waals surface area contributed by atoms with Crippen molar-refractivity contribution in [1.82, 2.24) is 9.88 Å². The van der Waals surface area contributed by atoms with Crippen LogP contribution in [0.4, 0.5) is 0 Å². The zero-order valence-electron chi connectivity index (χ0n) is 26.6. The molecular weight excluding hydrogens is 612 g/mol. The maximum atomic E-state index is 13.2. The zero-order chi connectivity index (χ0) is 31.8. The molecule has 3 atom stereocenters. The summed E-state index contributed by atoms with van der Waals surface area (Å²) >= 11 is 3.51. The predicted molar refractivity (Wildman–Crippen MR) is 182 cm³/mol. The number of nitrogens with zero attached hydrogens (tertiary/aromatic N) is 1. The lowest BCUT2D eigenvalue weighted by atomic mass is 9.80. The van der Waals surface area contributed by atoms with Crippen molar-refractivity contribution in [1.29, 1.82) is 0 Å². The van der Waals surface area contributed by atoms with Crippen molar-refractivity contribution in [2.24, 2.45) is 5.92 Å². The Bertz CT molecular complexity index is 1790. The molecular formula is C38H41BrN2O3. The number of fused-ring (bicyclic) bond motifs is 1. The number of carbonyl (C=O) groups excluding carboxylic acids is 2. The van der Waals surface area contributed by atoms with E-state index in [1.54, 1.807) is 0 Å². The smallest absolute Gasteiger partial charge is 0.338 e. The summed E-state index contributed by atoms with van der Waals surface area (Å²) in [4.78, 5) is 26.2. The molecule has 0 saturated carbocycles. The highest BCUT2D eigenvalue weighted by molar-refractivity contribution is 9.10. The highest BCUT2D eigenvalue weighted by atomic mass is 79.9. The molecule has 0 fully saturated rings. The van der Waals surface area contributed by atoms with Gasteiger partial charge in [0.05, 0.1) is 11.6 Å². The van der Waals surface area contributed by atoms with E-state index in [1.165, 1.54) is 16.8 Å². The van der Waals surface area contributed by atoms with Gasteiger partial charge in [0.2, 0.25) is 0 Å². The summed E-state index contributed by atoms with van der Waals surface area (Å²) in [6, 6.07) is 21.6. The number of hydrogen-bond acceptors (Lipinski definition) is 3. The molecule has 2 unspecified atom stereocenters. The van der Waals surface area contributed by atoms with Crippen molar-refractivity contribution < 1.29 is 14.3 Å². The van der Waals surface area contributed by atoms with Gasteiger partial charge in [0.1, 0.15) is 5.60 Å². The maximum Gasteiger partial charge on any atom is 0.338 e. The topological polar surface area (TPSA) is 60.3 Å². The van der Waals surface area contributed by atoms with Crippen LogP contribution in [0, 0.1) is 19.8 Å². The van der Waals surface area contributed by atoms with Gasteiger partial charge < -0.3 is 14.6 Å². The molecule has 5 nitrogen and oxygen atoms in total. The largest absolute Gasteiger partial charge is 0.456 e. The summed E-state index contributed by atoms with van der Waals surface area (Å²) in [5.41, 5.74) is 7.43. The molecule has 1 aromatic heterocycles. The minimum absolute atomic E-state index is 0.0761. The molecule has 5 rings (SSSR count). The number of rotatable bonds is 7. The van der Waals surface area contributed by atoms with Gasteiger partial charge in [0, 0.05) is 39.1 Å². The molecule has 0 saturated heterocycles. The van der Waals surface area contributed by atoms with Gasteiger partial charge in [0.15, 0.2) is 0 Å². The lowest BCUT2D eigenvalue weighted by Crippen LogP contribution is -2.26. The van der Waals surface area contributed by atoms with Gasteiger partial charge in [-0.3, -0.25) is 4.79 Å². The fourth-order valence-corrected chi connectivity index (χ4v) is 6.43. The van der Waals surface area contributed by atoms with Crippen LogP contribution in [0.5, 0.6) is 0 Å². The average molecular weight is 654 g/mol. The standard InChI is InChI=1S/C38H41BrN2O3/c1-23-19-27(15-17-31(23)32-13-8-9-14-33(32)37(43)44-38(5,6)7)22-41-26(4)24(2)34-21-29(16-18-35(34)41)36(42)40-25(3)28-11-10-12-30(39)20-28/h8-21,23,25,31H,22H2,1-7H3,(H,40,42)/t23?,25-,31?/m0/s1. The highest BCUT2D eigenvalue weighted by Gasteiger charge is 2.27. The number of carbonyl (C=O) groups is 2. The van der Waals surface area contributed by atoms with E-state index in [2.05, 4.69) is 70.9 Å². The van der Waals surface area contributed by atoms with E-state index in [1.807, 2.05) is 88.4 Å². The van der Waals surface area contributed by atoms with E-state index in [4.69, 9.17) is 4.74 Å². The van der Waals surface area contributed by atoms with Crippen LogP contribution in [0.15, 0.2) is 95.0 Å². The van der Waals surface area contributed by atoms with E-state index in [9.17, 15) is 9.59 Å². The third-order valence-electron chi connectivity index (χ3n) is 8.44. The third-order valence-corrected chi connectivity index (χ3v) is 8.93. The number of aromatic nitrogens is 1. The van der Waals surface area contributed by atoms with Crippen molar-refractivity contribution >= 4 is 38.7 Å². The van der Waals surface area contributed by atoms with E-state index in [-0.39, 0.29) is 29.8 Å². The second kappa shape index (κ2) is 12.6. The zero-order valence-corrected chi connectivity index (χ0v) is 28.2. The van der Waals surface area contributed by atoms with Gasteiger partial charge in [0.25, 0.3) is 5.91 Å². The van der Waals surface area contributed by atoms with Crippen LogP contribution in [0.1, 0.15) is 89.7 Å². The number of amides is 1. The number of nitrogens with one attached hydrogen (secondary N) is 1. The summed E-state index contributed by atoms with van der Waals surface area (Å²) in [6.45, 7) is 14.9. The summed E-state index contributed by atoms with van der Waals surface area (Å²) in [5.74, 6) is -0.103. The van der Waals surface area contributed by atoms with Crippen LogP contribution < -0.4 is 5.32 Å². The normalized spacial score (nSPS) is 17.3. The molecule has 0 bridgehead atoms. The summed E-state index contributed by atoms with van der Waals surface area (Å²) < 4.78 is 9.02. The van der Waals surface area contributed by atoms with Gasteiger partial charge in [-0.1, -0.05) is 71.4 Å². The minimum atomic E-state index is -0.552. The summed E-state index contributed by atoms with van der Waals surface area (Å²) in [5, 5.41) is 4.23. The molecule has 0 aliphatic heterocycles. The van der Waals surface area contributed by atoms with E-state index in [0.29, 0.717) is 11.1 Å². The fourth-order valence-electron chi connectivity index (χ4n) is 6.01. The molecule has 44 heavy (non-hydrogen) atoms. The molecule has 3 aromatic carbocycles. The maximum absolute atomic E-state index is 13.2. The van der Waals surface area contributed by atoms with Crippen LogP contribution in [-0.4, -0.2) is 22.0 Å². The molecule has 1 amide bonds. The number of aryl methyl sites for hydroxylation is 1. The molecule has 1 aliphatic rings. The van der Waals surface area contributed by atoms with Crippen molar-refractivity contribution in [3.05, 3.63) is 129 Å². The van der Waals surface area contributed by atoms with Crippen molar-refractivity contribution in [3.8, 4) is 0 Å². The Labute approximate surface area is 269 Å². The van der Waals surface area contributed by atoms with Gasteiger partial charge in [-0.15, -0.1) is 0 Å². The predicted octanol–water partition coefficient (Wildman–Crippen LogP) is 9.38. The first kappa shape index (κ1) is 31.5. The Morgan fingerprint density at radius 1 is 1.02 bits per heavy atom. The first-order valence-corrected chi connectivity index (χ1v) is 16.0. The number of benzene rings is 3. The summed E-state index contributed by atoms with van der Waals surface area (Å²) in [7, 11) is 0. The monoisotopic (exact) mass is 652 g/mol. The quantitative estimate of drug-likeness (QED) is 0.202. The van der Waals surface area contributed by atoms with E-state index < -0.39 is 5.60 Å². The second-order valence-corrected chi connectivity index (χ2v) is 13.8. The van der Waals surface area contributed by atoms with Gasteiger partial charge in [-0.2, -0.15) is 0 Å². The van der Waals surface area contributed by atoms with E-state index >= 15 is 0 Å². The molecule has 1 N–H and O–H groups in total. The lowest BCUT2D eigenvalue weighted by molar-refractivity contribution is 0.00677. The molecule has 0 spiro atoms. The van der Waals surface area contributed by atoms with Crippen molar-refractivity contribution in [3.63, 3.8) is 0 Å². The van der Waals surface area contributed by atoms with Gasteiger partial charge in [-0.05, 0) is 106 Å². The lowest BCUT2D eigenvalue weighted by Gasteiger charge is -2.27.